The topological polar surface area (TPSA) is 127 Å². The first-order valence-electron chi connectivity index (χ1n) is 8.81. The number of nitro benzene ring substituents is 1. The van der Waals surface area contributed by atoms with Gasteiger partial charge in [-0.25, -0.2) is 12.8 Å². The van der Waals surface area contributed by atoms with Crippen LogP contribution in [0.25, 0.3) is 0 Å². The van der Waals surface area contributed by atoms with Gasteiger partial charge in [0.15, 0.2) is 9.84 Å². The molecule has 160 valence electrons. The summed E-state index contributed by atoms with van der Waals surface area (Å²) in [5, 5.41) is 13.7. The van der Waals surface area contributed by atoms with Gasteiger partial charge in [0.1, 0.15) is 5.82 Å². The lowest BCUT2D eigenvalue weighted by atomic mass is 10.1. The van der Waals surface area contributed by atoms with Crippen LogP contribution in [0.15, 0.2) is 47.4 Å². The number of carbonyl (C=O) groups excluding carboxylic acids is 2. The normalized spacial score (nSPS) is 11.0. The molecule has 2 aromatic carbocycles. The van der Waals surface area contributed by atoms with Crippen molar-refractivity contribution >= 4 is 27.3 Å². The molecule has 0 heterocycles. The van der Waals surface area contributed by atoms with Crippen molar-refractivity contribution in [2.75, 3.05) is 19.3 Å². The minimum atomic E-state index is -3.79. The molecule has 0 saturated heterocycles. The largest absolute Gasteiger partial charge is 0.350 e. The van der Waals surface area contributed by atoms with Gasteiger partial charge < -0.3 is 10.2 Å². The third-order valence-corrected chi connectivity index (χ3v) is 5.28. The lowest BCUT2D eigenvalue weighted by Gasteiger charge is -2.20. The van der Waals surface area contributed by atoms with Crippen molar-refractivity contribution in [2.24, 2.45) is 0 Å². The number of sulfone groups is 1. The monoisotopic (exact) mass is 437 g/mol. The van der Waals surface area contributed by atoms with Gasteiger partial charge in [0.25, 0.3) is 11.6 Å². The fourth-order valence-corrected chi connectivity index (χ4v) is 3.24. The molecule has 0 bridgehead atoms. The first-order chi connectivity index (χ1) is 14.0. The molecule has 0 aliphatic rings. The van der Waals surface area contributed by atoms with E-state index in [1.54, 1.807) is 6.92 Å². The van der Waals surface area contributed by atoms with Crippen LogP contribution in [-0.4, -0.2) is 49.4 Å². The van der Waals surface area contributed by atoms with Crippen molar-refractivity contribution < 1.29 is 27.3 Å². The van der Waals surface area contributed by atoms with Crippen molar-refractivity contribution in [3.05, 3.63) is 69.5 Å². The Morgan fingerprint density at radius 3 is 2.33 bits per heavy atom. The maximum atomic E-state index is 12.9. The summed E-state index contributed by atoms with van der Waals surface area (Å²) >= 11 is 0. The Hall–Kier alpha value is -3.34. The number of nitrogens with one attached hydrogen (secondary N) is 1. The van der Waals surface area contributed by atoms with E-state index in [0.717, 1.165) is 29.4 Å². The van der Waals surface area contributed by atoms with Gasteiger partial charge in [0.05, 0.1) is 16.4 Å². The maximum absolute atomic E-state index is 12.9. The number of benzene rings is 2. The van der Waals surface area contributed by atoms with Crippen LogP contribution in [0.4, 0.5) is 10.1 Å². The summed E-state index contributed by atoms with van der Waals surface area (Å²) in [5.74, 6) is -1.62. The number of non-ortho nitro benzene ring substituents is 1. The quantitative estimate of drug-likeness (QED) is 0.497. The molecule has 9 nitrogen and oxygen atoms in total. The number of amides is 2. The Balaban J connectivity index is 2.16. The molecule has 0 radical (unpaired) electrons. The molecule has 0 aliphatic carbocycles. The van der Waals surface area contributed by atoms with Crippen molar-refractivity contribution in [1.82, 2.24) is 10.2 Å². The molecule has 0 aromatic heterocycles. The molecule has 0 aliphatic heterocycles. The summed E-state index contributed by atoms with van der Waals surface area (Å²) in [6.45, 7) is 1.51. The van der Waals surface area contributed by atoms with Crippen LogP contribution in [0.3, 0.4) is 0 Å². The first-order valence-corrected chi connectivity index (χ1v) is 10.7. The number of carbonyl (C=O) groups is 2. The standard InChI is InChI=1S/C19H20FN3O6S/c1-3-22(12-18(24)21-11-13-4-6-15(20)7-5-13)19(25)14-8-16(23(26)27)10-17(9-14)30(2,28)29/h4-10H,3,11-12H2,1-2H3,(H,21,24). The zero-order chi connectivity index (χ0) is 22.5. The molecule has 0 unspecified atom stereocenters. The zero-order valence-corrected chi connectivity index (χ0v) is 17.1. The van der Waals surface area contributed by atoms with Gasteiger partial charge in [-0.05, 0) is 30.7 Å². The number of rotatable bonds is 8. The van der Waals surface area contributed by atoms with Crippen molar-refractivity contribution in [1.29, 1.82) is 0 Å². The van der Waals surface area contributed by atoms with E-state index < -0.39 is 38.1 Å². The fraction of sp³-hybridized carbons (Fsp3) is 0.263. The van der Waals surface area contributed by atoms with Crippen LogP contribution < -0.4 is 5.32 Å². The lowest BCUT2D eigenvalue weighted by Crippen LogP contribution is -2.40. The van der Waals surface area contributed by atoms with E-state index in [0.29, 0.717) is 5.56 Å². The highest BCUT2D eigenvalue weighted by atomic mass is 32.2. The number of nitro groups is 1. The van der Waals surface area contributed by atoms with Gasteiger partial charge in [-0.15, -0.1) is 0 Å². The van der Waals surface area contributed by atoms with Gasteiger partial charge in [-0.1, -0.05) is 12.1 Å². The third-order valence-electron chi connectivity index (χ3n) is 4.18. The number of halogens is 1. The lowest BCUT2D eigenvalue weighted by molar-refractivity contribution is -0.385. The Kier molecular flexibility index (Phi) is 7.22. The summed E-state index contributed by atoms with van der Waals surface area (Å²) in [4.78, 5) is 36.1. The molecule has 30 heavy (non-hydrogen) atoms. The summed E-state index contributed by atoms with van der Waals surface area (Å²) < 4.78 is 36.5. The van der Waals surface area contributed by atoms with Gasteiger partial charge in [0.2, 0.25) is 5.91 Å². The zero-order valence-electron chi connectivity index (χ0n) is 16.3. The Bertz CT molecular complexity index is 1070. The Morgan fingerprint density at radius 1 is 1.17 bits per heavy atom. The number of hydrogen-bond acceptors (Lipinski definition) is 6. The number of likely N-dealkylation sites (N-methyl/N-ethyl adjacent to an activating group) is 1. The summed E-state index contributed by atoms with van der Waals surface area (Å²) in [7, 11) is -3.79. The number of hydrogen-bond donors (Lipinski definition) is 1. The minimum Gasteiger partial charge on any atom is -0.350 e. The highest BCUT2D eigenvalue weighted by Gasteiger charge is 2.23. The van der Waals surface area contributed by atoms with Gasteiger partial charge in [0, 0.05) is 37.0 Å². The summed E-state index contributed by atoms with van der Waals surface area (Å²) in [6, 6.07) is 8.41. The second-order valence-electron chi connectivity index (χ2n) is 6.47. The van der Waals surface area contributed by atoms with E-state index in [1.165, 1.54) is 24.3 Å². The number of nitrogens with zero attached hydrogens (tertiary/aromatic N) is 2. The van der Waals surface area contributed by atoms with Crippen molar-refractivity contribution in [3.63, 3.8) is 0 Å². The van der Waals surface area contributed by atoms with Gasteiger partial charge in [-0.2, -0.15) is 0 Å². The van der Waals surface area contributed by atoms with E-state index in [-0.39, 0.29) is 30.1 Å². The third kappa shape index (κ3) is 6.08. The van der Waals surface area contributed by atoms with E-state index >= 15 is 0 Å². The Morgan fingerprint density at radius 2 is 1.80 bits per heavy atom. The summed E-state index contributed by atoms with van der Waals surface area (Å²) in [6.07, 6.45) is 0.876. The molecule has 2 amide bonds. The molecule has 0 saturated carbocycles. The van der Waals surface area contributed by atoms with Crippen LogP contribution in [0.5, 0.6) is 0 Å². The van der Waals surface area contributed by atoms with Crippen LogP contribution >= 0.6 is 0 Å². The molecule has 0 fully saturated rings. The SMILES string of the molecule is CCN(CC(=O)NCc1ccc(F)cc1)C(=O)c1cc([N+](=O)[O-])cc(S(C)(=O)=O)c1. The van der Waals surface area contributed by atoms with Crippen molar-refractivity contribution in [2.45, 2.75) is 18.4 Å². The predicted octanol–water partition coefficient (Wildman–Crippen LogP) is 1.92. The van der Waals surface area contributed by atoms with Crippen LogP contribution in [0.1, 0.15) is 22.8 Å². The fourth-order valence-electron chi connectivity index (χ4n) is 2.57. The van der Waals surface area contributed by atoms with Crippen LogP contribution in [0.2, 0.25) is 0 Å². The van der Waals surface area contributed by atoms with Crippen LogP contribution in [-0.2, 0) is 21.2 Å². The van der Waals surface area contributed by atoms with E-state index in [9.17, 15) is 32.5 Å². The second-order valence-corrected chi connectivity index (χ2v) is 8.48. The van der Waals surface area contributed by atoms with Gasteiger partial charge in [-0.3, -0.25) is 19.7 Å². The van der Waals surface area contributed by atoms with E-state index in [2.05, 4.69) is 5.32 Å². The minimum absolute atomic E-state index is 0.111. The molecule has 1 N–H and O–H groups in total. The molecule has 2 aromatic rings. The summed E-state index contributed by atoms with van der Waals surface area (Å²) in [5.41, 5.74) is -0.0912. The highest BCUT2D eigenvalue weighted by Crippen LogP contribution is 2.22. The average Bonchev–Trinajstić information content (AvgIpc) is 2.70. The van der Waals surface area contributed by atoms with E-state index in [4.69, 9.17) is 0 Å². The van der Waals surface area contributed by atoms with E-state index in [1.807, 2.05) is 0 Å². The van der Waals surface area contributed by atoms with Gasteiger partial charge >= 0.3 is 0 Å². The predicted molar refractivity (Wildman–Crippen MR) is 106 cm³/mol. The molecular weight excluding hydrogens is 417 g/mol. The van der Waals surface area contributed by atoms with Crippen LogP contribution in [0, 0.1) is 15.9 Å². The molecule has 2 rings (SSSR count). The van der Waals surface area contributed by atoms with Crippen molar-refractivity contribution in [3.8, 4) is 0 Å². The maximum Gasteiger partial charge on any atom is 0.271 e. The second kappa shape index (κ2) is 9.44. The average molecular weight is 437 g/mol. The highest BCUT2D eigenvalue weighted by molar-refractivity contribution is 7.90. The molecular formula is C19H20FN3O6S. The first kappa shape index (κ1) is 22.9. The molecule has 11 heteroatoms. The smallest absolute Gasteiger partial charge is 0.271 e. The Labute approximate surface area is 172 Å². The molecule has 0 atom stereocenters. The molecule has 0 spiro atoms.